The largest absolute Gasteiger partial charge is 0.465 e. The van der Waals surface area contributed by atoms with Crippen LogP contribution in [0.2, 0.25) is 0 Å². The van der Waals surface area contributed by atoms with E-state index in [2.05, 4.69) is 66.3 Å². The lowest BCUT2D eigenvalue weighted by molar-refractivity contribution is -0.226. The average molecular weight is 602 g/mol. The third-order valence-electron chi connectivity index (χ3n) is 15.1. The van der Waals surface area contributed by atoms with Crippen LogP contribution in [0.25, 0.3) is 5.57 Å². The van der Waals surface area contributed by atoms with E-state index in [9.17, 15) is 14.8 Å². The summed E-state index contributed by atoms with van der Waals surface area (Å²) in [5, 5.41) is 9.51. The second kappa shape index (κ2) is 10.6. The fourth-order valence-electron chi connectivity index (χ4n) is 13.0. The quantitative estimate of drug-likeness (QED) is 0.153. The highest BCUT2D eigenvalue weighted by Gasteiger charge is 2.70. The number of rotatable bonds is 5. The number of hydrogen-bond acceptors (Lipinski definition) is 4. The highest BCUT2D eigenvalue weighted by atomic mass is 16.5. The van der Waals surface area contributed by atoms with Gasteiger partial charge in [0.05, 0.1) is 12.7 Å². The minimum absolute atomic E-state index is 0.0226. The van der Waals surface area contributed by atoms with Crippen molar-refractivity contribution >= 4 is 17.4 Å². The number of carbonyl (C=O) groups excluding carboxylic acids is 2. The number of benzene rings is 1. The van der Waals surface area contributed by atoms with Gasteiger partial charge >= 0.3 is 5.97 Å². The van der Waals surface area contributed by atoms with E-state index in [0.717, 1.165) is 25.7 Å². The van der Waals surface area contributed by atoms with E-state index in [0.29, 0.717) is 41.6 Å². The zero-order valence-electron chi connectivity index (χ0n) is 28.2. The lowest BCUT2D eigenvalue weighted by atomic mass is 9.32. The first-order chi connectivity index (χ1) is 20.7. The van der Waals surface area contributed by atoms with Crippen LogP contribution in [0.1, 0.15) is 122 Å². The maximum absolute atomic E-state index is 12.7. The second-order valence-electron chi connectivity index (χ2n) is 16.9. The van der Waals surface area contributed by atoms with Gasteiger partial charge in [-0.15, -0.1) is 0 Å². The van der Waals surface area contributed by atoms with Gasteiger partial charge in [-0.25, -0.2) is 10.3 Å². The molecule has 5 aliphatic carbocycles. The van der Waals surface area contributed by atoms with E-state index in [1.165, 1.54) is 55.9 Å². The molecule has 5 aliphatic rings. The molecule has 240 valence electrons. The molecule has 9 atom stereocenters. The van der Waals surface area contributed by atoms with Gasteiger partial charge in [0.2, 0.25) is 5.91 Å². The second-order valence-corrected chi connectivity index (χ2v) is 16.9. The Hall–Kier alpha value is -2.40. The van der Waals surface area contributed by atoms with Gasteiger partial charge in [0.15, 0.2) is 0 Å². The first-order valence-corrected chi connectivity index (χ1v) is 17.2. The van der Waals surface area contributed by atoms with Crippen LogP contribution >= 0.6 is 0 Å². The molecular formula is C39H55NO4. The number of esters is 1. The van der Waals surface area contributed by atoms with Gasteiger partial charge in [0, 0.05) is 6.42 Å². The number of allylic oxidation sites excluding steroid dienone is 3. The van der Waals surface area contributed by atoms with Crippen molar-refractivity contribution in [2.45, 2.75) is 106 Å². The molecule has 0 aliphatic heterocycles. The number of nitrogens with one attached hydrogen (secondary N) is 1. The number of hydroxylamine groups is 1. The maximum Gasteiger partial charge on any atom is 0.337 e. The molecule has 5 heteroatoms. The van der Waals surface area contributed by atoms with Gasteiger partial charge in [-0.3, -0.25) is 10.0 Å². The molecule has 44 heavy (non-hydrogen) atoms. The first-order valence-electron chi connectivity index (χ1n) is 17.2. The van der Waals surface area contributed by atoms with Crippen LogP contribution in [-0.2, 0) is 9.53 Å². The Balaban J connectivity index is 1.34. The summed E-state index contributed by atoms with van der Waals surface area (Å²) in [6.45, 7) is 19.5. The summed E-state index contributed by atoms with van der Waals surface area (Å²) in [6, 6.07) is 8.01. The van der Waals surface area contributed by atoms with Gasteiger partial charge in [-0.2, -0.15) is 0 Å². The molecule has 5 nitrogen and oxygen atoms in total. The Bertz CT molecular complexity index is 1380. The minimum Gasteiger partial charge on any atom is -0.465 e. The number of fused-ring (bicyclic) bond motifs is 7. The zero-order chi connectivity index (χ0) is 31.9. The van der Waals surface area contributed by atoms with E-state index in [1.807, 2.05) is 17.6 Å². The van der Waals surface area contributed by atoms with Gasteiger partial charge in [0.25, 0.3) is 0 Å². The number of hydrogen-bond donors (Lipinski definition) is 2. The molecule has 2 N–H and O–H groups in total. The lowest BCUT2D eigenvalue weighted by Crippen LogP contribution is -2.65. The summed E-state index contributed by atoms with van der Waals surface area (Å²) in [5.41, 5.74) is 7.15. The topological polar surface area (TPSA) is 75.6 Å². The van der Waals surface area contributed by atoms with Gasteiger partial charge < -0.3 is 4.74 Å². The molecule has 0 spiro atoms. The normalized spacial score (nSPS) is 42.1. The lowest BCUT2D eigenvalue weighted by Gasteiger charge is -2.72. The van der Waals surface area contributed by atoms with Crippen molar-refractivity contribution in [3.05, 3.63) is 53.6 Å². The molecule has 0 aromatic heterocycles. The molecule has 4 saturated carbocycles. The third-order valence-corrected chi connectivity index (χ3v) is 15.1. The molecule has 1 amide bonds. The predicted octanol–water partition coefficient (Wildman–Crippen LogP) is 9.02. The van der Waals surface area contributed by atoms with Crippen molar-refractivity contribution in [2.75, 3.05) is 7.11 Å². The van der Waals surface area contributed by atoms with Crippen LogP contribution < -0.4 is 5.48 Å². The Morgan fingerprint density at radius 2 is 1.64 bits per heavy atom. The van der Waals surface area contributed by atoms with Gasteiger partial charge in [0.1, 0.15) is 0 Å². The molecule has 0 bridgehead atoms. The maximum atomic E-state index is 12.7. The van der Waals surface area contributed by atoms with Crippen LogP contribution in [0.5, 0.6) is 0 Å². The van der Waals surface area contributed by atoms with Crippen LogP contribution in [0, 0.1) is 56.7 Å². The average Bonchev–Trinajstić information content (AvgIpc) is 3.36. The molecule has 0 unspecified atom stereocenters. The molecule has 6 rings (SSSR count). The van der Waals surface area contributed by atoms with Gasteiger partial charge in [-0.05, 0) is 145 Å². The first kappa shape index (κ1) is 31.6. The fourth-order valence-corrected chi connectivity index (χ4v) is 13.0. The Morgan fingerprint density at radius 1 is 0.932 bits per heavy atom. The summed E-state index contributed by atoms with van der Waals surface area (Å²) < 4.78 is 4.93. The van der Waals surface area contributed by atoms with E-state index < -0.39 is 0 Å². The van der Waals surface area contributed by atoms with Crippen LogP contribution in [0.4, 0.5) is 0 Å². The predicted molar refractivity (Wildman–Crippen MR) is 175 cm³/mol. The summed E-state index contributed by atoms with van der Waals surface area (Å²) in [7, 11) is 1.43. The highest BCUT2D eigenvalue weighted by molar-refractivity contribution is 5.90. The summed E-state index contributed by atoms with van der Waals surface area (Å²) >= 11 is 0. The minimum atomic E-state index is -0.291. The molecular weight excluding hydrogens is 546 g/mol. The SMILES string of the molecule is C=C(C)[C@@H]1CC[C@@]2(CC(=O)NO)CC[C@]3(C)[C@H](CC[C@@H]4[C@@]5(C)CC=C(c6ccc(C(=O)OC)cc6)C(C)(C)[C@@H]5CC[C@]43C)[C@@H]12. The number of carbonyl (C=O) groups is 2. The van der Waals surface area contributed by atoms with Gasteiger partial charge in [-0.1, -0.05) is 65.0 Å². The summed E-state index contributed by atoms with van der Waals surface area (Å²) in [6.07, 6.45) is 13.4. The van der Waals surface area contributed by atoms with Crippen LogP contribution in [-0.4, -0.2) is 24.2 Å². The third kappa shape index (κ3) is 4.27. The standard InChI is InChI=1S/C39H55NO4/c1-24(2)27-15-20-39(23-32(41)40-43)22-21-37(6)29(33(27)39)13-14-31-36(5)18-16-28(25-9-11-26(12-10-25)34(42)44-8)35(3,4)30(36)17-19-38(31,37)7/h9-12,16,27,29-31,33,43H,1,13-15,17-23H2,2-8H3,(H,40,41)/t27-,29+,30-,31+,33+,36-,37+,38+,39-/m0/s1. The van der Waals surface area contributed by atoms with E-state index in [1.54, 1.807) is 0 Å². The number of ether oxygens (including phenoxy) is 1. The number of methoxy groups -OCH3 is 1. The number of amides is 1. The smallest absolute Gasteiger partial charge is 0.337 e. The fraction of sp³-hybridized carbons (Fsp3) is 0.692. The van der Waals surface area contributed by atoms with E-state index >= 15 is 0 Å². The molecule has 0 saturated heterocycles. The highest BCUT2D eigenvalue weighted by Crippen LogP contribution is 2.78. The van der Waals surface area contributed by atoms with Crippen molar-refractivity contribution in [3.8, 4) is 0 Å². The molecule has 0 radical (unpaired) electrons. The van der Waals surface area contributed by atoms with E-state index in [4.69, 9.17) is 4.74 Å². The Kier molecular flexibility index (Phi) is 7.59. The van der Waals surface area contributed by atoms with Crippen LogP contribution in [0.3, 0.4) is 0 Å². The Morgan fingerprint density at radius 3 is 2.27 bits per heavy atom. The van der Waals surface area contributed by atoms with Crippen LogP contribution in [0.15, 0.2) is 42.5 Å². The molecule has 0 heterocycles. The van der Waals surface area contributed by atoms with Crippen molar-refractivity contribution in [1.82, 2.24) is 5.48 Å². The summed E-state index contributed by atoms with van der Waals surface area (Å²) in [4.78, 5) is 24.7. The molecule has 4 fully saturated rings. The summed E-state index contributed by atoms with van der Waals surface area (Å²) in [5.74, 6) is 2.21. The van der Waals surface area contributed by atoms with Crippen molar-refractivity contribution in [1.29, 1.82) is 0 Å². The monoisotopic (exact) mass is 601 g/mol. The van der Waals surface area contributed by atoms with Crippen molar-refractivity contribution < 1.29 is 19.5 Å². The Labute approximate surface area is 265 Å². The van der Waals surface area contributed by atoms with E-state index in [-0.39, 0.29) is 39.0 Å². The molecule has 1 aromatic rings. The van der Waals surface area contributed by atoms with Crippen molar-refractivity contribution in [2.24, 2.45) is 56.7 Å². The van der Waals surface area contributed by atoms with Crippen molar-refractivity contribution in [3.63, 3.8) is 0 Å². The zero-order valence-corrected chi connectivity index (χ0v) is 28.2. The molecule has 1 aromatic carbocycles.